The quantitative estimate of drug-likeness (QED) is 0.814. The summed E-state index contributed by atoms with van der Waals surface area (Å²) >= 11 is 0. The molecule has 3 rings (SSSR count). The normalized spacial score (nSPS) is 14.5. The van der Waals surface area contributed by atoms with E-state index in [0.29, 0.717) is 0 Å². The van der Waals surface area contributed by atoms with Crippen molar-refractivity contribution in [1.29, 1.82) is 0 Å². The molecule has 0 saturated heterocycles. The summed E-state index contributed by atoms with van der Waals surface area (Å²) in [6.07, 6.45) is -4.38. The first-order valence-electron chi connectivity index (χ1n) is 8.18. The number of nitrogens with zero attached hydrogens (tertiary/aromatic N) is 1. The minimum absolute atomic E-state index is 0.0867. The molecule has 9 heteroatoms. The van der Waals surface area contributed by atoms with Crippen molar-refractivity contribution in [1.82, 2.24) is 4.72 Å². The van der Waals surface area contributed by atoms with E-state index in [1.54, 1.807) is 12.1 Å². The highest BCUT2D eigenvalue weighted by atomic mass is 32.2. The lowest BCUT2D eigenvalue weighted by molar-refractivity contribution is -0.138. The van der Waals surface area contributed by atoms with Gasteiger partial charge >= 0.3 is 6.18 Å². The Hall–Kier alpha value is -2.39. The number of hydrogen-bond acceptors (Lipinski definition) is 3. The van der Waals surface area contributed by atoms with Crippen LogP contribution < -0.4 is 9.62 Å². The van der Waals surface area contributed by atoms with Crippen molar-refractivity contribution in [3.05, 3.63) is 65.2 Å². The number of amides is 1. The molecule has 1 N–H and O–H groups in total. The standard InChI is InChI=1S/C18H17F3N2O3S/c19-18(20,21)15-7-3-1-6-14(15)12-27(25,26)22-9-10-23-16-8-4-2-5-13(16)11-17(23)24/h1-8,22H,9-12H2. The van der Waals surface area contributed by atoms with Gasteiger partial charge < -0.3 is 4.90 Å². The minimum Gasteiger partial charge on any atom is -0.311 e. The molecule has 0 radical (unpaired) electrons. The lowest BCUT2D eigenvalue weighted by Gasteiger charge is -2.18. The summed E-state index contributed by atoms with van der Waals surface area (Å²) in [5.41, 5.74) is 0.299. The molecule has 1 aliphatic heterocycles. The van der Waals surface area contributed by atoms with Crippen LogP contribution in [0.1, 0.15) is 16.7 Å². The molecule has 0 bridgehead atoms. The van der Waals surface area contributed by atoms with E-state index in [0.717, 1.165) is 23.4 Å². The average molecular weight is 398 g/mol. The Bertz CT molecular complexity index is 958. The first-order valence-corrected chi connectivity index (χ1v) is 9.83. The van der Waals surface area contributed by atoms with Crippen molar-refractivity contribution in [2.45, 2.75) is 18.3 Å². The van der Waals surface area contributed by atoms with Crippen LogP contribution >= 0.6 is 0 Å². The molecule has 2 aromatic rings. The minimum atomic E-state index is -4.63. The van der Waals surface area contributed by atoms with E-state index >= 15 is 0 Å². The summed E-state index contributed by atoms with van der Waals surface area (Å²) in [5.74, 6) is -0.925. The molecular weight excluding hydrogens is 381 g/mol. The summed E-state index contributed by atoms with van der Waals surface area (Å²) in [6.45, 7) is 0.0204. The Morgan fingerprint density at radius 2 is 1.70 bits per heavy atom. The molecule has 0 fully saturated rings. The fourth-order valence-corrected chi connectivity index (χ4v) is 4.22. The Morgan fingerprint density at radius 1 is 1.04 bits per heavy atom. The highest BCUT2D eigenvalue weighted by Crippen LogP contribution is 2.32. The molecule has 1 heterocycles. The zero-order chi connectivity index (χ0) is 19.7. The number of carbonyl (C=O) groups is 1. The molecular formula is C18H17F3N2O3S. The van der Waals surface area contributed by atoms with Gasteiger partial charge in [-0.3, -0.25) is 4.79 Å². The van der Waals surface area contributed by atoms with Crippen LogP contribution in [0, 0.1) is 0 Å². The number of benzene rings is 2. The van der Waals surface area contributed by atoms with E-state index in [1.165, 1.54) is 17.0 Å². The van der Waals surface area contributed by atoms with Crippen molar-refractivity contribution in [2.75, 3.05) is 18.0 Å². The van der Waals surface area contributed by atoms with Crippen LogP contribution in [-0.4, -0.2) is 27.4 Å². The Kier molecular flexibility index (Phi) is 5.25. The number of sulfonamides is 1. The fraction of sp³-hybridized carbons (Fsp3) is 0.278. The maximum atomic E-state index is 13.0. The van der Waals surface area contributed by atoms with Gasteiger partial charge in [-0.15, -0.1) is 0 Å². The second kappa shape index (κ2) is 7.32. The van der Waals surface area contributed by atoms with E-state index in [-0.39, 0.29) is 31.0 Å². The molecule has 2 aromatic carbocycles. The van der Waals surface area contributed by atoms with Gasteiger partial charge in [-0.2, -0.15) is 13.2 Å². The topological polar surface area (TPSA) is 66.5 Å². The lowest BCUT2D eigenvalue weighted by atomic mass is 10.1. The third-order valence-electron chi connectivity index (χ3n) is 4.25. The van der Waals surface area contributed by atoms with E-state index in [2.05, 4.69) is 4.72 Å². The Morgan fingerprint density at radius 3 is 2.44 bits per heavy atom. The van der Waals surface area contributed by atoms with Gasteiger partial charge in [0.1, 0.15) is 0 Å². The molecule has 0 saturated carbocycles. The second-order valence-electron chi connectivity index (χ2n) is 6.16. The van der Waals surface area contributed by atoms with Gasteiger partial charge in [0, 0.05) is 18.8 Å². The van der Waals surface area contributed by atoms with Crippen LogP contribution in [0.2, 0.25) is 0 Å². The van der Waals surface area contributed by atoms with E-state index in [1.807, 2.05) is 12.1 Å². The van der Waals surface area contributed by atoms with Gasteiger partial charge in [0.25, 0.3) is 0 Å². The number of para-hydroxylation sites is 1. The number of alkyl halides is 3. The summed E-state index contributed by atoms with van der Waals surface area (Å²) in [5, 5.41) is 0. The predicted molar refractivity (Wildman–Crippen MR) is 94.6 cm³/mol. The van der Waals surface area contributed by atoms with Crippen LogP contribution in [0.15, 0.2) is 48.5 Å². The van der Waals surface area contributed by atoms with Gasteiger partial charge in [-0.1, -0.05) is 36.4 Å². The van der Waals surface area contributed by atoms with Crippen LogP contribution in [0.5, 0.6) is 0 Å². The maximum Gasteiger partial charge on any atom is 0.416 e. The van der Waals surface area contributed by atoms with E-state index < -0.39 is 27.5 Å². The molecule has 0 unspecified atom stereocenters. The molecule has 0 spiro atoms. The largest absolute Gasteiger partial charge is 0.416 e. The maximum absolute atomic E-state index is 13.0. The van der Waals surface area contributed by atoms with Gasteiger partial charge in [-0.05, 0) is 23.3 Å². The van der Waals surface area contributed by atoms with Gasteiger partial charge in [0.2, 0.25) is 15.9 Å². The smallest absolute Gasteiger partial charge is 0.311 e. The average Bonchev–Trinajstić information content (AvgIpc) is 2.90. The number of fused-ring (bicyclic) bond motifs is 1. The van der Waals surface area contributed by atoms with E-state index in [9.17, 15) is 26.4 Å². The summed E-state index contributed by atoms with van der Waals surface area (Å²) in [7, 11) is -3.99. The van der Waals surface area contributed by atoms with Gasteiger partial charge in [0.15, 0.2) is 0 Å². The number of halogens is 3. The van der Waals surface area contributed by atoms with Crippen LogP contribution in [0.4, 0.5) is 18.9 Å². The molecule has 144 valence electrons. The van der Waals surface area contributed by atoms with Crippen LogP contribution in [0.25, 0.3) is 0 Å². The van der Waals surface area contributed by atoms with Crippen LogP contribution in [-0.2, 0) is 33.2 Å². The predicted octanol–water partition coefficient (Wildman–Crippen LogP) is 2.71. The first-order chi connectivity index (χ1) is 12.7. The number of rotatable bonds is 6. The highest BCUT2D eigenvalue weighted by Gasteiger charge is 2.34. The zero-order valence-corrected chi connectivity index (χ0v) is 15.0. The Balaban J connectivity index is 1.65. The van der Waals surface area contributed by atoms with Crippen molar-refractivity contribution in [2.24, 2.45) is 0 Å². The molecule has 0 atom stereocenters. The fourth-order valence-electron chi connectivity index (χ4n) is 3.05. The van der Waals surface area contributed by atoms with Crippen molar-refractivity contribution in [3.8, 4) is 0 Å². The highest BCUT2D eigenvalue weighted by molar-refractivity contribution is 7.88. The molecule has 0 aromatic heterocycles. The van der Waals surface area contributed by atoms with Crippen molar-refractivity contribution in [3.63, 3.8) is 0 Å². The number of hydrogen-bond donors (Lipinski definition) is 1. The van der Waals surface area contributed by atoms with Crippen LogP contribution in [0.3, 0.4) is 0 Å². The third-order valence-corrected chi connectivity index (χ3v) is 5.59. The molecule has 0 aliphatic carbocycles. The van der Waals surface area contributed by atoms with Gasteiger partial charge in [-0.25, -0.2) is 13.1 Å². The molecule has 27 heavy (non-hydrogen) atoms. The third kappa shape index (κ3) is 4.48. The SMILES string of the molecule is O=C1Cc2ccccc2N1CCNS(=O)(=O)Cc1ccccc1C(F)(F)F. The number of carbonyl (C=O) groups excluding carboxylic acids is 1. The monoisotopic (exact) mass is 398 g/mol. The lowest BCUT2D eigenvalue weighted by Crippen LogP contribution is -2.37. The van der Waals surface area contributed by atoms with E-state index in [4.69, 9.17) is 0 Å². The summed E-state index contributed by atoms with van der Waals surface area (Å²) < 4.78 is 65.7. The van der Waals surface area contributed by atoms with Gasteiger partial charge in [0.05, 0.1) is 17.7 Å². The van der Waals surface area contributed by atoms with Crippen molar-refractivity contribution < 1.29 is 26.4 Å². The molecule has 1 aliphatic rings. The number of anilines is 1. The van der Waals surface area contributed by atoms with Crippen molar-refractivity contribution >= 4 is 21.6 Å². The second-order valence-corrected chi connectivity index (χ2v) is 7.97. The zero-order valence-electron chi connectivity index (χ0n) is 14.2. The summed E-state index contributed by atoms with van der Waals surface area (Å²) in [4.78, 5) is 13.5. The number of nitrogens with one attached hydrogen (secondary N) is 1. The molecule has 5 nitrogen and oxygen atoms in total. The Labute approximate surface area is 154 Å². The molecule has 1 amide bonds. The summed E-state index contributed by atoms with van der Waals surface area (Å²) in [6, 6.07) is 11.8. The first kappa shape index (κ1) is 19.4.